The zero-order chi connectivity index (χ0) is 15.1. The molecule has 1 amide bonds. The highest BCUT2D eigenvalue weighted by Crippen LogP contribution is 2.15. The summed E-state index contributed by atoms with van der Waals surface area (Å²) in [5, 5.41) is 2.85. The summed E-state index contributed by atoms with van der Waals surface area (Å²) in [6.45, 7) is 1.79. The molecule has 0 aliphatic carbocycles. The van der Waals surface area contributed by atoms with Crippen molar-refractivity contribution in [3.63, 3.8) is 0 Å². The van der Waals surface area contributed by atoms with Gasteiger partial charge in [0.25, 0.3) is 5.91 Å². The molecule has 0 radical (unpaired) electrons. The highest BCUT2D eigenvalue weighted by atomic mass is 16.5. The molecule has 2 rings (SSSR count). The van der Waals surface area contributed by atoms with Gasteiger partial charge in [-0.05, 0) is 24.6 Å². The van der Waals surface area contributed by atoms with Crippen LogP contribution in [0.2, 0.25) is 0 Å². The van der Waals surface area contributed by atoms with Crippen LogP contribution in [0, 0.1) is 0 Å². The molecule has 0 aliphatic heterocycles. The first-order valence-corrected chi connectivity index (χ1v) is 6.72. The van der Waals surface area contributed by atoms with Crippen LogP contribution in [0.25, 0.3) is 0 Å². The van der Waals surface area contributed by atoms with E-state index in [0.29, 0.717) is 17.6 Å². The standard InChI is InChI=1S/C17H17NO3/c1-13(14-7-3-2-4-8-14)18-17(20)12-21-16-10-6-5-9-15(16)11-19/h2-11,13H,12H2,1H3,(H,18,20). The summed E-state index contributed by atoms with van der Waals surface area (Å²) in [4.78, 5) is 22.7. The van der Waals surface area contributed by atoms with Gasteiger partial charge in [0.1, 0.15) is 5.75 Å². The molecule has 0 spiro atoms. The Bertz CT molecular complexity index is 610. The smallest absolute Gasteiger partial charge is 0.258 e. The third-order valence-electron chi connectivity index (χ3n) is 3.08. The van der Waals surface area contributed by atoms with Crippen molar-refractivity contribution >= 4 is 12.2 Å². The van der Waals surface area contributed by atoms with E-state index in [9.17, 15) is 9.59 Å². The minimum atomic E-state index is -0.230. The molecule has 0 aromatic heterocycles. The molecule has 0 bridgehead atoms. The van der Waals surface area contributed by atoms with Crippen molar-refractivity contribution in [2.45, 2.75) is 13.0 Å². The predicted molar refractivity (Wildman–Crippen MR) is 80.3 cm³/mol. The molecule has 0 aliphatic rings. The molecule has 4 heteroatoms. The number of amides is 1. The average Bonchev–Trinajstić information content (AvgIpc) is 2.54. The Labute approximate surface area is 123 Å². The lowest BCUT2D eigenvalue weighted by Crippen LogP contribution is -2.31. The molecule has 0 fully saturated rings. The Morgan fingerprint density at radius 2 is 1.81 bits per heavy atom. The van der Waals surface area contributed by atoms with Gasteiger partial charge in [0.15, 0.2) is 12.9 Å². The lowest BCUT2D eigenvalue weighted by molar-refractivity contribution is -0.123. The van der Waals surface area contributed by atoms with E-state index in [1.807, 2.05) is 37.3 Å². The topological polar surface area (TPSA) is 55.4 Å². The van der Waals surface area contributed by atoms with Gasteiger partial charge in [0, 0.05) is 0 Å². The number of carbonyl (C=O) groups excluding carboxylic acids is 2. The summed E-state index contributed by atoms with van der Waals surface area (Å²) in [5.74, 6) is 0.182. The molecule has 0 saturated heterocycles. The van der Waals surface area contributed by atoms with Crippen LogP contribution in [-0.4, -0.2) is 18.8 Å². The predicted octanol–water partition coefficient (Wildman–Crippen LogP) is 2.76. The lowest BCUT2D eigenvalue weighted by atomic mass is 10.1. The third-order valence-corrected chi connectivity index (χ3v) is 3.08. The van der Waals surface area contributed by atoms with E-state index < -0.39 is 0 Å². The molecule has 1 atom stereocenters. The van der Waals surface area contributed by atoms with Crippen LogP contribution in [-0.2, 0) is 4.79 Å². The number of hydrogen-bond acceptors (Lipinski definition) is 3. The monoisotopic (exact) mass is 283 g/mol. The van der Waals surface area contributed by atoms with E-state index >= 15 is 0 Å². The van der Waals surface area contributed by atoms with Gasteiger partial charge in [-0.2, -0.15) is 0 Å². The fourth-order valence-electron chi connectivity index (χ4n) is 1.96. The highest BCUT2D eigenvalue weighted by Gasteiger charge is 2.10. The van der Waals surface area contributed by atoms with Crippen molar-refractivity contribution in [3.05, 3.63) is 65.7 Å². The van der Waals surface area contributed by atoms with E-state index in [0.717, 1.165) is 5.56 Å². The summed E-state index contributed by atoms with van der Waals surface area (Å²) >= 11 is 0. The second-order valence-electron chi connectivity index (χ2n) is 4.64. The SMILES string of the molecule is CC(NC(=O)COc1ccccc1C=O)c1ccccc1. The number of nitrogens with one attached hydrogen (secondary N) is 1. The molecular formula is C17H17NO3. The Hall–Kier alpha value is -2.62. The first-order chi connectivity index (χ1) is 10.2. The molecule has 108 valence electrons. The molecule has 2 aromatic carbocycles. The summed E-state index contributed by atoms with van der Waals surface area (Å²) in [6.07, 6.45) is 0.708. The minimum absolute atomic E-state index is 0.0939. The van der Waals surface area contributed by atoms with E-state index in [2.05, 4.69) is 5.32 Å². The second-order valence-corrected chi connectivity index (χ2v) is 4.64. The van der Waals surface area contributed by atoms with Gasteiger partial charge in [-0.15, -0.1) is 0 Å². The van der Waals surface area contributed by atoms with Crippen molar-refractivity contribution in [2.75, 3.05) is 6.61 Å². The summed E-state index contributed by atoms with van der Waals surface area (Å²) in [6, 6.07) is 16.4. The Morgan fingerprint density at radius 1 is 1.14 bits per heavy atom. The number of ether oxygens (including phenoxy) is 1. The second kappa shape index (κ2) is 7.24. The van der Waals surface area contributed by atoms with Crippen LogP contribution in [0.5, 0.6) is 5.75 Å². The van der Waals surface area contributed by atoms with E-state index in [1.54, 1.807) is 24.3 Å². The molecule has 4 nitrogen and oxygen atoms in total. The van der Waals surface area contributed by atoms with Gasteiger partial charge in [-0.25, -0.2) is 0 Å². The lowest BCUT2D eigenvalue weighted by Gasteiger charge is -2.15. The van der Waals surface area contributed by atoms with Crippen LogP contribution in [0.1, 0.15) is 28.9 Å². The molecule has 1 N–H and O–H groups in total. The Kier molecular flexibility index (Phi) is 5.10. The number of rotatable bonds is 6. The van der Waals surface area contributed by atoms with Gasteiger partial charge in [-0.1, -0.05) is 42.5 Å². The van der Waals surface area contributed by atoms with Gasteiger partial charge < -0.3 is 10.1 Å². The Balaban J connectivity index is 1.89. The zero-order valence-electron chi connectivity index (χ0n) is 11.8. The van der Waals surface area contributed by atoms with Crippen molar-refractivity contribution in [1.82, 2.24) is 5.32 Å². The molecule has 2 aromatic rings. The molecule has 0 saturated carbocycles. The largest absolute Gasteiger partial charge is 0.483 e. The normalized spacial score (nSPS) is 11.5. The first kappa shape index (κ1) is 14.8. The van der Waals surface area contributed by atoms with Crippen molar-refractivity contribution in [3.8, 4) is 5.75 Å². The summed E-state index contributed by atoms with van der Waals surface area (Å²) < 4.78 is 5.38. The third kappa shape index (κ3) is 4.18. The van der Waals surface area contributed by atoms with Gasteiger partial charge in [0.2, 0.25) is 0 Å². The molecule has 1 unspecified atom stereocenters. The molecule has 0 heterocycles. The number of para-hydroxylation sites is 1. The Morgan fingerprint density at radius 3 is 2.52 bits per heavy atom. The van der Waals surface area contributed by atoms with Gasteiger partial charge in [-0.3, -0.25) is 9.59 Å². The van der Waals surface area contributed by atoms with Crippen LogP contribution in [0.4, 0.5) is 0 Å². The van der Waals surface area contributed by atoms with Crippen LogP contribution < -0.4 is 10.1 Å². The highest BCUT2D eigenvalue weighted by molar-refractivity contribution is 5.81. The first-order valence-electron chi connectivity index (χ1n) is 6.72. The molecule has 21 heavy (non-hydrogen) atoms. The van der Waals surface area contributed by atoms with Crippen molar-refractivity contribution < 1.29 is 14.3 Å². The fourth-order valence-corrected chi connectivity index (χ4v) is 1.96. The number of benzene rings is 2. The zero-order valence-corrected chi connectivity index (χ0v) is 11.8. The quantitative estimate of drug-likeness (QED) is 0.829. The van der Waals surface area contributed by atoms with Crippen molar-refractivity contribution in [2.24, 2.45) is 0 Å². The van der Waals surface area contributed by atoms with Crippen molar-refractivity contribution in [1.29, 1.82) is 0 Å². The maximum Gasteiger partial charge on any atom is 0.258 e. The van der Waals surface area contributed by atoms with Crippen LogP contribution in [0.15, 0.2) is 54.6 Å². The number of aldehydes is 1. The van der Waals surface area contributed by atoms with Gasteiger partial charge >= 0.3 is 0 Å². The number of hydrogen-bond donors (Lipinski definition) is 1. The summed E-state index contributed by atoms with van der Waals surface area (Å²) in [5.41, 5.74) is 1.46. The van der Waals surface area contributed by atoms with E-state index in [-0.39, 0.29) is 18.6 Å². The van der Waals surface area contributed by atoms with Gasteiger partial charge in [0.05, 0.1) is 11.6 Å². The number of carbonyl (C=O) groups is 2. The molecular weight excluding hydrogens is 266 g/mol. The van der Waals surface area contributed by atoms with Crippen LogP contribution in [0.3, 0.4) is 0 Å². The summed E-state index contributed by atoms with van der Waals surface area (Å²) in [7, 11) is 0. The van der Waals surface area contributed by atoms with E-state index in [1.165, 1.54) is 0 Å². The minimum Gasteiger partial charge on any atom is -0.483 e. The van der Waals surface area contributed by atoms with E-state index in [4.69, 9.17) is 4.74 Å². The van der Waals surface area contributed by atoms with Crippen LogP contribution >= 0.6 is 0 Å². The maximum atomic E-state index is 11.9. The average molecular weight is 283 g/mol. The fraction of sp³-hybridized carbons (Fsp3) is 0.176. The maximum absolute atomic E-state index is 11.9.